The largest absolute Gasteiger partial charge is 0.454 e. The molecule has 34 heavy (non-hydrogen) atoms. The molecule has 0 radical (unpaired) electrons. The molecule has 0 unspecified atom stereocenters. The zero-order chi connectivity index (χ0) is 23.4. The van der Waals surface area contributed by atoms with E-state index < -0.39 is 11.6 Å². The van der Waals surface area contributed by atoms with Crippen molar-refractivity contribution in [1.82, 2.24) is 0 Å². The lowest BCUT2D eigenvalue weighted by Gasteiger charge is -2.54. The van der Waals surface area contributed by atoms with E-state index in [9.17, 15) is 8.78 Å². The third kappa shape index (κ3) is 3.85. The van der Waals surface area contributed by atoms with Crippen molar-refractivity contribution in [3.63, 3.8) is 0 Å². The SMILES string of the molecule is Nc1ccc(F)c(Oc2ccc(C3C4CC5CC(C4)CC3C5)c(Oc3cc(N)ccc3F)c2)c1. The van der Waals surface area contributed by atoms with Crippen LogP contribution >= 0.6 is 0 Å². The van der Waals surface area contributed by atoms with E-state index in [2.05, 4.69) is 0 Å². The van der Waals surface area contributed by atoms with E-state index in [1.165, 1.54) is 68.5 Å². The number of nitrogen functional groups attached to an aromatic ring is 2. The first-order valence-electron chi connectivity index (χ1n) is 12.0. The molecule has 4 aliphatic carbocycles. The molecule has 176 valence electrons. The van der Waals surface area contributed by atoms with Gasteiger partial charge < -0.3 is 20.9 Å². The molecule has 0 amide bonds. The quantitative estimate of drug-likeness (QED) is 0.392. The van der Waals surface area contributed by atoms with E-state index in [0.29, 0.717) is 40.6 Å². The van der Waals surface area contributed by atoms with E-state index in [4.69, 9.17) is 20.9 Å². The van der Waals surface area contributed by atoms with Gasteiger partial charge in [-0.1, -0.05) is 6.07 Å². The number of hydrogen-bond acceptors (Lipinski definition) is 4. The van der Waals surface area contributed by atoms with E-state index in [-0.39, 0.29) is 11.5 Å². The summed E-state index contributed by atoms with van der Waals surface area (Å²) in [4.78, 5) is 0. The molecule has 7 rings (SSSR count). The molecule has 0 aromatic heterocycles. The Balaban J connectivity index is 1.39. The first kappa shape index (κ1) is 21.3. The normalized spacial score (nSPS) is 27.1. The molecule has 0 saturated heterocycles. The average Bonchev–Trinajstić information content (AvgIpc) is 2.79. The zero-order valence-electron chi connectivity index (χ0n) is 18.8. The fourth-order valence-electron chi connectivity index (χ4n) is 6.82. The lowest BCUT2D eigenvalue weighted by molar-refractivity contribution is -0.00338. The van der Waals surface area contributed by atoms with E-state index in [1.807, 2.05) is 12.1 Å². The van der Waals surface area contributed by atoms with Crippen molar-refractivity contribution in [3.05, 3.63) is 71.8 Å². The maximum Gasteiger partial charge on any atom is 0.165 e. The maximum atomic E-state index is 14.6. The summed E-state index contributed by atoms with van der Waals surface area (Å²) in [5.74, 6) is 3.30. The summed E-state index contributed by atoms with van der Waals surface area (Å²) in [6.45, 7) is 0. The van der Waals surface area contributed by atoms with Crippen LogP contribution < -0.4 is 20.9 Å². The first-order valence-corrected chi connectivity index (χ1v) is 12.0. The third-order valence-electron chi connectivity index (χ3n) is 7.93. The van der Waals surface area contributed by atoms with Crippen molar-refractivity contribution < 1.29 is 18.3 Å². The number of anilines is 2. The van der Waals surface area contributed by atoms with Crippen molar-refractivity contribution in [1.29, 1.82) is 0 Å². The topological polar surface area (TPSA) is 70.5 Å². The van der Waals surface area contributed by atoms with E-state index in [0.717, 1.165) is 17.4 Å². The highest BCUT2D eigenvalue weighted by molar-refractivity contribution is 5.51. The fraction of sp³-hybridized carbons (Fsp3) is 0.357. The van der Waals surface area contributed by atoms with Crippen LogP contribution in [0.5, 0.6) is 23.0 Å². The molecular weight excluding hydrogens is 434 g/mol. The van der Waals surface area contributed by atoms with Crippen LogP contribution in [-0.4, -0.2) is 0 Å². The molecule has 4 bridgehead atoms. The molecule has 0 aliphatic heterocycles. The molecule has 0 heterocycles. The number of hydrogen-bond donors (Lipinski definition) is 2. The van der Waals surface area contributed by atoms with Gasteiger partial charge in [-0.3, -0.25) is 0 Å². The average molecular weight is 463 g/mol. The van der Waals surface area contributed by atoms with Crippen LogP contribution in [0.4, 0.5) is 20.2 Å². The van der Waals surface area contributed by atoms with Crippen LogP contribution in [-0.2, 0) is 0 Å². The van der Waals surface area contributed by atoms with Crippen molar-refractivity contribution in [2.45, 2.75) is 38.0 Å². The summed E-state index contributed by atoms with van der Waals surface area (Å²) in [5.41, 5.74) is 13.6. The zero-order valence-corrected chi connectivity index (χ0v) is 18.8. The summed E-state index contributed by atoms with van der Waals surface area (Å²) >= 11 is 0. The number of rotatable bonds is 5. The fourth-order valence-corrected chi connectivity index (χ4v) is 6.82. The highest BCUT2D eigenvalue weighted by Gasteiger charge is 2.49. The highest BCUT2D eigenvalue weighted by Crippen LogP contribution is 2.61. The molecule has 3 aromatic carbocycles. The van der Waals surface area contributed by atoms with Crippen molar-refractivity contribution in [2.75, 3.05) is 11.5 Å². The summed E-state index contributed by atoms with van der Waals surface area (Å²) in [6.07, 6.45) is 6.36. The molecule has 6 heteroatoms. The molecule has 3 aromatic rings. The summed E-state index contributed by atoms with van der Waals surface area (Å²) in [5, 5.41) is 0. The van der Waals surface area contributed by atoms with Crippen molar-refractivity contribution >= 4 is 11.4 Å². The Morgan fingerprint density at radius 3 is 1.76 bits per heavy atom. The Bertz CT molecular complexity index is 1220. The Kier molecular flexibility index (Phi) is 5.12. The minimum absolute atomic E-state index is 0.0310. The molecule has 0 atom stereocenters. The van der Waals surface area contributed by atoms with Gasteiger partial charge in [0, 0.05) is 29.6 Å². The predicted molar refractivity (Wildman–Crippen MR) is 128 cm³/mol. The molecule has 4 fully saturated rings. The highest BCUT2D eigenvalue weighted by atomic mass is 19.1. The second-order valence-electron chi connectivity index (χ2n) is 10.2. The van der Waals surface area contributed by atoms with Gasteiger partial charge in [0.15, 0.2) is 23.1 Å². The van der Waals surface area contributed by atoms with Gasteiger partial charge in [0.25, 0.3) is 0 Å². The second kappa shape index (κ2) is 8.19. The van der Waals surface area contributed by atoms with Gasteiger partial charge in [0.05, 0.1) is 0 Å². The molecule has 4 nitrogen and oxygen atoms in total. The molecule has 4 saturated carbocycles. The van der Waals surface area contributed by atoms with Gasteiger partial charge in [-0.2, -0.15) is 0 Å². The number of benzene rings is 3. The van der Waals surface area contributed by atoms with E-state index >= 15 is 0 Å². The van der Waals surface area contributed by atoms with Gasteiger partial charge in [-0.25, -0.2) is 8.78 Å². The lowest BCUT2D eigenvalue weighted by atomic mass is 9.50. The first-order chi connectivity index (χ1) is 16.4. The second-order valence-corrected chi connectivity index (χ2v) is 10.2. The smallest absolute Gasteiger partial charge is 0.165 e. The third-order valence-corrected chi connectivity index (χ3v) is 7.93. The standard InChI is InChI=1S/C28H28F2N2O2/c29-23-5-1-19(31)12-26(23)33-21-3-4-22(25(14-21)34-27-13-20(32)2-6-24(27)30)28-17-8-15-7-16(10-17)11-18(28)9-15/h1-6,12-18,28H,7-11,31-32H2. The Labute approximate surface area is 197 Å². The number of ether oxygens (including phenoxy) is 2. The van der Waals surface area contributed by atoms with E-state index in [1.54, 1.807) is 6.07 Å². The minimum atomic E-state index is -0.510. The van der Waals surface area contributed by atoms with Crippen LogP contribution in [0.2, 0.25) is 0 Å². The molecule has 4 aliphatic rings. The summed E-state index contributed by atoms with van der Waals surface area (Å²) in [7, 11) is 0. The van der Waals surface area contributed by atoms with Crippen LogP contribution in [0.15, 0.2) is 54.6 Å². The van der Waals surface area contributed by atoms with Gasteiger partial charge >= 0.3 is 0 Å². The van der Waals surface area contributed by atoms with Crippen molar-refractivity contribution in [2.24, 2.45) is 23.7 Å². The summed E-state index contributed by atoms with van der Waals surface area (Å²) in [6, 6.07) is 14.1. The Hall–Kier alpha value is -3.28. The van der Waals surface area contributed by atoms with Gasteiger partial charge in [-0.15, -0.1) is 0 Å². The number of halogens is 2. The molecule has 0 spiro atoms. The minimum Gasteiger partial charge on any atom is -0.454 e. The molecular formula is C28H28F2N2O2. The van der Waals surface area contributed by atoms with Crippen molar-refractivity contribution in [3.8, 4) is 23.0 Å². The van der Waals surface area contributed by atoms with Crippen LogP contribution in [0.25, 0.3) is 0 Å². The molecule has 4 N–H and O–H groups in total. The maximum absolute atomic E-state index is 14.6. The Morgan fingerprint density at radius 2 is 1.18 bits per heavy atom. The lowest BCUT2D eigenvalue weighted by Crippen LogP contribution is -2.43. The van der Waals surface area contributed by atoms with Gasteiger partial charge in [-0.05, 0) is 97.6 Å². The van der Waals surface area contributed by atoms with Gasteiger partial charge in [0.2, 0.25) is 0 Å². The predicted octanol–water partition coefficient (Wildman–Crippen LogP) is 7.25. The monoisotopic (exact) mass is 462 g/mol. The van der Waals surface area contributed by atoms with Crippen LogP contribution in [0, 0.1) is 35.3 Å². The van der Waals surface area contributed by atoms with Gasteiger partial charge in [0.1, 0.15) is 11.5 Å². The van der Waals surface area contributed by atoms with Crippen LogP contribution in [0.3, 0.4) is 0 Å². The Morgan fingerprint density at radius 1 is 0.618 bits per heavy atom. The summed E-state index contributed by atoms with van der Waals surface area (Å²) < 4.78 is 40.9. The van der Waals surface area contributed by atoms with Crippen LogP contribution in [0.1, 0.15) is 43.6 Å². The number of nitrogens with two attached hydrogens (primary N) is 2.